The van der Waals surface area contributed by atoms with Crippen LogP contribution < -0.4 is 15.2 Å². The SMILES string of the molecule is COc1cc(OC)cc(C(N)c2c(F)ccc(C)c2F)c1. The van der Waals surface area contributed by atoms with Gasteiger partial charge < -0.3 is 15.2 Å². The van der Waals surface area contributed by atoms with Crippen LogP contribution in [-0.2, 0) is 0 Å². The molecule has 0 aliphatic rings. The molecule has 0 fully saturated rings. The van der Waals surface area contributed by atoms with E-state index in [0.29, 0.717) is 22.6 Å². The number of halogens is 2. The highest BCUT2D eigenvalue weighted by molar-refractivity contribution is 5.44. The molecule has 1 unspecified atom stereocenters. The Morgan fingerprint density at radius 2 is 1.57 bits per heavy atom. The number of nitrogens with two attached hydrogens (primary N) is 1. The van der Waals surface area contributed by atoms with Crippen LogP contribution in [0.5, 0.6) is 11.5 Å². The lowest BCUT2D eigenvalue weighted by Crippen LogP contribution is -2.16. The second-order valence-electron chi connectivity index (χ2n) is 4.72. The molecule has 2 rings (SSSR count). The molecule has 112 valence electrons. The van der Waals surface area contributed by atoms with E-state index >= 15 is 0 Å². The van der Waals surface area contributed by atoms with Crippen LogP contribution in [0.1, 0.15) is 22.7 Å². The van der Waals surface area contributed by atoms with Crippen LogP contribution in [0.15, 0.2) is 30.3 Å². The Kier molecular flexibility index (Phi) is 4.43. The molecule has 0 saturated heterocycles. The molecule has 0 spiro atoms. The smallest absolute Gasteiger partial charge is 0.134 e. The van der Waals surface area contributed by atoms with Crippen molar-refractivity contribution in [2.45, 2.75) is 13.0 Å². The molecule has 0 amide bonds. The van der Waals surface area contributed by atoms with Crippen molar-refractivity contribution < 1.29 is 18.3 Å². The average Bonchev–Trinajstić information content (AvgIpc) is 2.50. The summed E-state index contributed by atoms with van der Waals surface area (Å²) in [7, 11) is 3.00. The maximum Gasteiger partial charge on any atom is 0.134 e. The molecule has 0 saturated carbocycles. The number of rotatable bonds is 4. The summed E-state index contributed by atoms with van der Waals surface area (Å²) in [4.78, 5) is 0. The highest BCUT2D eigenvalue weighted by Gasteiger charge is 2.21. The van der Waals surface area contributed by atoms with E-state index in [1.807, 2.05) is 0 Å². The van der Waals surface area contributed by atoms with Gasteiger partial charge >= 0.3 is 0 Å². The highest BCUT2D eigenvalue weighted by atomic mass is 19.1. The lowest BCUT2D eigenvalue weighted by Gasteiger charge is -2.17. The Morgan fingerprint density at radius 1 is 1.00 bits per heavy atom. The molecule has 5 heteroatoms. The quantitative estimate of drug-likeness (QED) is 0.940. The highest BCUT2D eigenvalue weighted by Crippen LogP contribution is 2.31. The van der Waals surface area contributed by atoms with Gasteiger partial charge in [-0.25, -0.2) is 8.78 Å². The van der Waals surface area contributed by atoms with Crippen molar-refractivity contribution >= 4 is 0 Å². The van der Waals surface area contributed by atoms with Gasteiger partial charge in [-0.05, 0) is 36.2 Å². The van der Waals surface area contributed by atoms with Gasteiger partial charge in [-0.1, -0.05) is 6.07 Å². The Labute approximate surface area is 122 Å². The average molecular weight is 293 g/mol. The van der Waals surface area contributed by atoms with Crippen LogP contribution in [0, 0.1) is 18.6 Å². The van der Waals surface area contributed by atoms with Crippen LogP contribution in [0.4, 0.5) is 8.78 Å². The fraction of sp³-hybridized carbons (Fsp3) is 0.250. The van der Waals surface area contributed by atoms with Crippen LogP contribution in [0.25, 0.3) is 0 Å². The lowest BCUT2D eigenvalue weighted by atomic mass is 9.96. The molecule has 21 heavy (non-hydrogen) atoms. The zero-order chi connectivity index (χ0) is 15.6. The number of aryl methyl sites for hydroxylation is 1. The van der Waals surface area contributed by atoms with Gasteiger partial charge in [0, 0.05) is 11.6 Å². The number of hydrogen-bond acceptors (Lipinski definition) is 3. The van der Waals surface area contributed by atoms with E-state index in [1.54, 1.807) is 25.1 Å². The Hall–Kier alpha value is -2.14. The van der Waals surface area contributed by atoms with Gasteiger partial charge in [-0.2, -0.15) is 0 Å². The molecule has 0 aliphatic heterocycles. The molecule has 0 radical (unpaired) electrons. The molecule has 3 nitrogen and oxygen atoms in total. The standard InChI is InChI=1S/C16H17F2NO2/c1-9-4-5-13(17)14(15(9)18)16(19)10-6-11(20-2)8-12(7-10)21-3/h4-8,16H,19H2,1-3H3. The monoisotopic (exact) mass is 293 g/mol. The molecule has 0 aromatic heterocycles. The van der Waals surface area contributed by atoms with Gasteiger partial charge in [0.05, 0.1) is 20.3 Å². The zero-order valence-electron chi connectivity index (χ0n) is 12.1. The first-order valence-electron chi connectivity index (χ1n) is 6.41. The number of methoxy groups -OCH3 is 2. The number of ether oxygens (including phenoxy) is 2. The zero-order valence-corrected chi connectivity index (χ0v) is 12.1. The predicted molar refractivity (Wildman–Crippen MR) is 76.7 cm³/mol. The first-order valence-corrected chi connectivity index (χ1v) is 6.41. The molecule has 0 aliphatic carbocycles. The van der Waals surface area contributed by atoms with E-state index in [9.17, 15) is 8.78 Å². The van der Waals surface area contributed by atoms with Gasteiger partial charge in [0.2, 0.25) is 0 Å². The Morgan fingerprint density at radius 3 is 2.10 bits per heavy atom. The second-order valence-corrected chi connectivity index (χ2v) is 4.72. The topological polar surface area (TPSA) is 44.5 Å². The normalized spacial score (nSPS) is 12.1. The molecule has 2 N–H and O–H groups in total. The first kappa shape index (κ1) is 15.3. The fourth-order valence-electron chi connectivity index (χ4n) is 2.14. The van der Waals surface area contributed by atoms with Crippen molar-refractivity contribution in [3.63, 3.8) is 0 Å². The summed E-state index contributed by atoms with van der Waals surface area (Å²) in [6.45, 7) is 1.57. The molecule has 2 aromatic rings. The maximum atomic E-state index is 14.2. The van der Waals surface area contributed by atoms with Crippen molar-refractivity contribution in [1.82, 2.24) is 0 Å². The van der Waals surface area contributed by atoms with Gasteiger partial charge in [-0.15, -0.1) is 0 Å². The minimum Gasteiger partial charge on any atom is -0.497 e. The molecule has 1 atom stereocenters. The van der Waals surface area contributed by atoms with E-state index in [0.717, 1.165) is 0 Å². The minimum absolute atomic E-state index is 0.162. The summed E-state index contributed by atoms with van der Waals surface area (Å²) < 4.78 is 38.4. The summed E-state index contributed by atoms with van der Waals surface area (Å²) in [5.74, 6) is -0.293. The van der Waals surface area contributed by atoms with Crippen LogP contribution in [0.3, 0.4) is 0 Å². The van der Waals surface area contributed by atoms with Crippen molar-refractivity contribution in [2.24, 2.45) is 5.73 Å². The van der Waals surface area contributed by atoms with Gasteiger partial charge in [-0.3, -0.25) is 0 Å². The number of benzene rings is 2. The van der Waals surface area contributed by atoms with E-state index in [-0.39, 0.29) is 5.56 Å². The van der Waals surface area contributed by atoms with Crippen molar-refractivity contribution in [3.05, 3.63) is 58.7 Å². The lowest BCUT2D eigenvalue weighted by molar-refractivity contribution is 0.393. The fourth-order valence-corrected chi connectivity index (χ4v) is 2.14. The third-order valence-electron chi connectivity index (χ3n) is 3.36. The predicted octanol–water partition coefficient (Wildman–Crippen LogP) is 3.34. The molecule has 0 bridgehead atoms. The molecule has 0 heterocycles. The molecular formula is C16H17F2NO2. The summed E-state index contributed by atoms with van der Waals surface area (Å²) in [5.41, 5.74) is 6.73. The largest absolute Gasteiger partial charge is 0.497 e. The van der Waals surface area contributed by atoms with E-state index in [1.165, 1.54) is 26.4 Å². The molecular weight excluding hydrogens is 276 g/mol. The number of hydrogen-bond donors (Lipinski definition) is 1. The van der Waals surface area contributed by atoms with E-state index in [2.05, 4.69) is 0 Å². The summed E-state index contributed by atoms with van der Waals surface area (Å²) in [6.07, 6.45) is 0. The third kappa shape index (κ3) is 2.97. The summed E-state index contributed by atoms with van der Waals surface area (Å²) in [5, 5.41) is 0. The van der Waals surface area contributed by atoms with Crippen LogP contribution in [-0.4, -0.2) is 14.2 Å². The molecule has 2 aromatic carbocycles. The summed E-state index contributed by atoms with van der Waals surface area (Å²) >= 11 is 0. The van der Waals surface area contributed by atoms with Crippen molar-refractivity contribution in [1.29, 1.82) is 0 Å². The van der Waals surface area contributed by atoms with Gasteiger partial charge in [0.1, 0.15) is 23.1 Å². The van der Waals surface area contributed by atoms with Gasteiger partial charge in [0.25, 0.3) is 0 Å². The Bertz CT molecular complexity index is 637. The van der Waals surface area contributed by atoms with Crippen molar-refractivity contribution in [2.75, 3.05) is 14.2 Å². The van der Waals surface area contributed by atoms with Crippen molar-refractivity contribution in [3.8, 4) is 11.5 Å². The third-order valence-corrected chi connectivity index (χ3v) is 3.36. The van der Waals surface area contributed by atoms with Gasteiger partial charge in [0.15, 0.2) is 0 Å². The first-order chi connectivity index (χ1) is 9.97. The van der Waals surface area contributed by atoms with E-state index in [4.69, 9.17) is 15.2 Å². The van der Waals surface area contributed by atoms with Crippen LogP contribution >= 0.6 is 0 Å². The van der Waals surface area contributed by atoms with E-state index < -0.39 is 17.7 Å². The maximum absolute atomic E-state index is 14.2. The minimum atomic E-state index is -0.950. The second kappa shape index (κ2) is 6.10. The van der Waals surface area contributed by atoms with Crippen LogP contribution in [0.2, 0.25) is 0 Å². The Balaban J connectivity index is 2.54. The summed E-state index contributed by atoms with van der Waals surface area (Å²) in [6, 6.07) is 6.58.